The van der Waals surface area contributed by atoms with E-state index in [0.29, 0.717) is 13.1 Å². The quantitative estimate of drug-likeness (QED) is 0.780. The monoisotopic (exact) mass is 251 g/mol. The number of likely N-dealkylation sites (N-methyl/N-ethyl adjacent to an activating group) is 1. The Morgan fingerprint density at radius 3 is 2.17 bits per heavy atom. The molecule has 0 saturated carbocycles. The molecule has 1 aromatic rings. The zero-order valence-electron chi connectivity index (χ0n) is 11.6. The van der Waals surface area contributed by atoms with Gasteiger partial charge < -0.3 is 10.2 Å². The predicted octanol–water partition coefficient (Wildman–Crippen LogP) is 2.12. The molecule has 3 nitrogen and oxygen atoms in total. The first-order valence-corrected chi connectivity index (χ1v) is 6.71. The van der Waals surface area contributed by atoms with E-state index in [-0.39, 0.29) is 6.10 Å². The largest absolute Gasteiger partial charge is 0.392 e. The highest BCUT2D eigenvalue weighted by Gasteiger charge is 2.14. The average Bonchev–Trinajstić information content (AvgIpc) is 2.38. The molecule has 0 amide bonds. The van der Waals surface area contributed by atoms with Crippen LogP contribution in [0.2, 0.25) is 0 Å². The third kappa shape index (κ3) is 4.77. The lowest BCUT2D eigenvalue weighted by Crippen LogP contribution is -2.35. The van der Waals surface area contributed by atoms with Gasteiger partial charge >= 0.3 is 0 Å². The summed E-state index contributed by atoms with van der Waals surface area (Å²) in [5, 5.41) is 19.8. The first-order chi connectivity index (χ1) is 8.56. The summed E-state index contributed by atoms with van der Waals surface area (Å²) >= 11 is 0. The van der Waals surface area contributed by atoms with E-state index in [1.807, 2.05) is 45.0 Å². The van der Waals surface area contributed by atoms with E-state index < -0.39 is 6.10 Å². The topological polar surface area (TPSA) is 43.7 Å². The average molecular weight is 251 g/mol. The van der Waals surface area contributed by atoms with Gasteiger partial charge in [0.1, 0.15) is 0 Å². The summed E-state index contributed by atoms with van der Waals surface area (Å²) < 4.78 is 0. The molecule has 1 rings (SSSR count). The highest BCUT2D eigenvalue weighted by Crippen LogP contribution is 2.15. The molecule has 0 aliphatic rings. The van der Waals surface area contributed by atoms with Crippen LogP contribution in [0.5, 0.6) is 0 Å². The summed E-state index contributed by atoms with van der Waals surface area (Å²) in [7, 11) is 0. The Kier molecular flexibility index (Phi) is 6.33. The Morgan fingerprint density at radius 2 is 1.67 bits per heavy atom. The van der Waals surface area contributed by atoms with Gasteiger partial charge in [0.05, 0.1) is 12.2 Å². The Labute approximate surface area is 110 Å². The molecule has 0 fully saturated rings. The highest BCUT2D eigenvalue weighted by molar-refractivity contribution is 5.23. The molecule has 3 heteroatoms. The molecule has 0 aliphatic carbocycles. The van der Waals surface area contributed by atoms with Crippen molar-refractivity contribution in [2.24, 2.45) is 0 Å². The van der Waals surface area contributed by atoms with Crippen LogP contribution in [0.4, 0.5) is 0 Å². The van der Waals surface area contributed by atoms with E-state index in [1.165, 1.54) is 5.56 Å². The van der Waals surface area contributed by atoms with Crippen LogP contribution in [0.15, 0.2) is 24.3 Å². The summed E-state index contributed by atoms with van der Waals surface area (Å²) in [5.41, 5.74) is 2.13. The van der Waals surface area contributed by atoms with Crippen LogP contribution in [-0.4, -0.2) is 40.9 Å². The van der Waals surface area contributed by atoms with E-state index in [1.54, 1.807) is 0 Å². The first-order valence-electron chi connectivity index (χ1n) is 6.71. The van der Waals surface area contributed by atoms with Gasteiger partial charge in [0.15, 0.2) is 0 Å². The van der Waals surface area contributed by atoms with E-state index in [2.05, 4.69) is 4.90 Å². The molecule has 1 aromatic carbocycles. The Bertz CT molecular complexity index is 337. The molecule has 2 N–H and O–H groups in total. The van der Waals surface area contributed by atoms with Gasteiger partial charge in [-0.05, 0) is 25.5 Å². The molecule has 18 heavy (non-hydrogen) atoms. The lowest BCUT2D eigenvalue weighted by molar-refractivity contribution is 0.0705. The van der Waals surface area contributed by atoms with Crippen LogP contribution in [0.25, 0.3) is 0 Å². The summed E-state index contributed by atoms with van der Waals surface area (Å²) in [6, 6.07) is 7.94. The van der Waals surface area contributed by atoms with Gasteiger partial charge in [-0.15, -0.1) is 0 Å². The fourth-order valence-corrected chi connectivity index (χ4v) is 1.90. The Hall–Kier alpha value is -0.900. The molecule has 102 valence electrons. The predicted molar refractivity (Wildman–Crippen MR) is 74.6 cm³/mol. The van der Waals surface area contributed by atoms with Crippen molar-refractivity contribution in [2.45, 2.75) is 39.4 Å². The van der Waals surface area contributed by atoms with Crippen molar-refractivity contribution >= 4 is 0 Å². The zero-order chi connectivity index (χ0) is 13.5. The first kappa shape index (κ1) is 15.2. The fraction of sp³-hybridized carbons (Fsp3) is 0.600. The number of aliphatic hydroxyl groups excluding tert-OH is 2. The third-order valence-corrected chi connectivity index (χ3v) is 3.28. The maximum atomic E-state index is 10.2. The molecule has 0 spiro atoms. The van der Waals surface area contributed by atoms with Crippen LogP contribution >= 0.6 is 0 Å². The molecule has 2 atom stereocenters. The molecule has 1 unspecified atom stereocenters. The second-order valence-corrected chi connectivity index (χ2v) is 4.84. The molecule has 0 radical (unpaired) electrons. The maximum Gasteiger partial charge on any atom is 0.0916 e. The molecule has 0 aliphatic heterocycles. The van der Waals surface area contributed by atoms with Crippen LogP contribution in [0.3, 0.4) is 0 Å². The number of hydrogen-bond acceptors (Lipinski definition) is 3. The zero-order valence-corrected chi connectivity index (χ0v) is 11.6. The molecule has 0 heterocycles. The number of aliphatic hydroxyl groups is 2. The smallest absolute Gasteiger partial charge is 0.0916 e. The normalized spacial score (nSPS) is 14.8. The van der Waals surface area contributed by atoms with Gasteiger partial charge in [0.2, 0.25) is 0 Å². The van der Waals surface area contributed by atoms with Crippen molar-refractivity contribution in [3.05, 3.63) is 35.4 Å². The van der Waals surface area contributed by atoms with E-state index in [9.17, 15) is 10.2 Å². The minimum atomic E-state index is -0.491. The number of rotatable bonds is 7. The van der Waals surface area contributed by atoms with Gasteiger partial charge in [0.25, 0.3) is 0 Å². The van der Waals surface area contributed by atoms with Crippen molar-refractivity contribution < 1.29 is 10.2 Å². The van der Waals surface area contributed by atoms with Crippen LogP contribution in [0, 0.1) is 6.92 Å². The number of aryl methyl sites for hydroxylation is 1. The van der Waals surface area contributed by atoms with E-state index in [4.69, 9.17) is 0 Å². The van der Waals surface area contributed by atoms with Gasteiger partial charge in [-0.2, -0.15) is 0 Å². The van der Waals surface area contributed by atoms with E-state index >= 15 is 0 Å². The Morgan fingerprint density at radius 1 is 1.06 bits per heavy atom. The maximum absolute atomic E-state index is 10.2. The molecular formula is C15H25NO2. The van der Waals surface area contributed by atoms with Gasteiger partial charge in [-0.3, -0.25) is 4.90 Å². The summed E-state index contributed by atoms with van der Waals surface area (Å²) in [6.07, 6.45) is -0.0540. The second kappa shape index (κ2) is 7.52. The lowest BCUT2D eigenvalue weighted by atomic mass is 10.1. The van der Waals surface area contributed by atoms with Crippen molar-refractivity contribution in [3.8, 4) is 0 Å². The third-order valence-electron chi connectivity index (χ3n) is 3.28. The Balaban J connectivity index is 2.56. The molecular weight excluding hydrogens is 226 g/mol. The minimum absolute atomic E-state index is 0.310. The van der Waals surface area contributed by atoms with Crippen molar-refractivity contribution in [1.82, 2.24) is 4.90 Å². The lowest BCUT2D eigenvalue weighted by Gasteiger charge is -2.25. The molecule has 0 saturated heterocycles. The second-order valence-electron chi connectivity index (χ2n) is 4.84. The highest BCUT2D eigenvalue weighted by atomic mass is 16.3. The van der Waals surface area contributed by atoms with Gasteiger partial charge in [-0.1, -0.05) is 43.7 Å². The van der Waals surface area contributed by atoms with Gasteiger partial charge in [0, 0.05) is 13.1 Å². The van der Waals surface area contributed by atoms with Crippen LogP contribution in [-0.2, 0) is 0 Å². The summed E-state index contributed by atoms with van der Waals surface area (Å²) in [4.78, 5) is 2.08. The SMILES string of the molecule is CC[C@@H](O)CN(CC)CC(O)c1ccc(C)cc1. The van der Waals surface area contributed by atoms with Crippen molar-refractivity contribution in [3.63, 3.8) is 0 Å². The van der Waals surface area contributed by atoms with Crippen LogP contribution < -0.4 is 0 Å². The fourth-order valence-electron chi connectivity index (χ4n) is 1.90. The van der Waals surface area contributed by atoms with E-state index in [0.717, 1.165) is 18.5 Å². The standard InChI is InChI=1S/C15H25NO2/c1-4-14(17)10-16(5-2)11-15(18)13-8-6-12(3)7-9-13/h6-9,14-15,17-18H,4-5,10-11H2,1-3H3/t14-,15?/m1/s1. The number of benzene rings is 1. The summed E-state index contributed by atoms with van der Waals surface area (Å²) in [6.45, 7) is 8.07. The van der Waals surface area contributed by atoms with Crippen molar-refractivity contribution in [2.75, 3.05) is 19.6 Å². The number of hydrogen-bond donors (Lipinski definition) is 2. The molecule has 0 aromatic heterocycles. The van der Waals surface area contributed by atoms with Crippen LogP contribution in [0.1, 0.15) is 37.5 Å². The molecule has 0 bridgehead atoms. The van der Waals surface area contributed by atoms with Gasteiger partial charge in [-0.25, -0.2) is 0 Å². The minimum Gasteiger partial charge on any atom is -0.392 e. The van der Waals surface area contributed by atoms with Crippen molar-refractivity contribution in [1.29, 1.82) is 0 Å². The number of nitrogens with zero attached hydrogens (tertiary/aromatic N) is 1. The summed E-state index contributed by atoms with van der Waals surface area (Å²) in [5.74, 6) is 0.